The summed E-state index contributed by atoms with van der Waals surface area (Å²) < 4.78 is 16.7. The lowest BCUT2D eigenvalue weighted by Gasteiger charge is -2.15. The second kappa shape index (κ2) is 6.10. The molecule has 1 aromatic carbocycles. The summed E-state index contributed by atoms with van der Waals surface area (Å²) in [5.41, 5.74) is 1.26. The molecule has 18 heavy (non-hydrogen) atoms. The summed E-state index contributed by atoms with van der Waals surface area (Å²) in [6.45, 7) is 5.80. The maximum absolute atomic E-state index is 5.80. The third-order valence-corrected chi connectivity index (χ3v) is 3.30. The van der Waals surface area contributed by atoms with Crippen molar-refractivity contribution in [3.05, 3.63) is 23.8 Å². The number of benzene rings is 1. The van der Waals surface area contributed by atoms with Crippen molar-refractivity contribution in [2.75, 3.05) is 20.3 Å². The molecule has 100 valence electrons. The van der Waals surface area contributed by atoms with Crippen molar-refractivity contribution in [1.29, 1.82) is 0 Å². The fourth-order valence-electron chi connectivity index (χ4n) is 2.12. The van der Waals surface area contributed by atoms with Crippen LogP contribution in [0.15, 0.2) is 18.2 Å². The Labute approximate surface area is 109 Å². The summed E-state index contributed by atoms with van der Waals surface area (Å²) in [5.74, 6) is 2.10. The van der Waals surface area contributed by atoms with Crippen LogP contribution in [0.2, 0.25) is 0 Å². The lowest BCUT2D eigenvalue weighted by Crippen LogP contribution is -2.16. The fraction of sp³-hybridized carbons (Fsp3) is 0.600. The van der Waals surface area contributed by atoms with Gasteiger partial charge in [-0.15, -0.1) is 0 Å². The van der Waals surface area contributed by atoms with Crippen LogP contribution in [0.3, 0.4) is 0 Å². The summed E-state index contributed by atoms with van der Waals surface area (Å²) in [6, 6.07) is 6.14. The molecule has 0 radical (unpaired) electrons. The maximum Gasteiger partial charge on any atom is 0.161 e. The Balaban J connectivity index is 2.02. The molecule has 0 saturated carbocycles. The SMILES string of the molecule is COc1cc(C(C)C)ccc1OCC1CCCO1. The number of ether oxygens (including phenoxy) is 3. The van der Waals surface area contributed by atoms with E-state index >= 15 is 0 Å². The van der Waals surface area contributed by atoms with Gasteiger partial charge in [-0.2, -0.15) is 0 Å². The molecular weight excluding hydrogens is 228 g/mol. The molecule has 0 spiro atoms. The molecule has 1 aromatic rings. The molecular formula is C15H22O3. The Kier molecular flexibility index (Phi) is 4.48. The number of rotatable bonds is 5. The smallest absolute Gasteiger partial charge is 0.161 e. The fourth-order valence-corrected chi connectivity index (χ4v) is 2.12. The van der Waals surface area contributed by atoms with Crippen LogP contribution in [-0.2, 0) is 4.74 Å². The van der Waals surface area contributed by atoms with Gasteiger partial charge >= 0.3 is 0 Å². The normalized spacial score (nSPS) is 19.2. The Morgan fingerprint density at radius 3 is 2.78 bits per heavy atom. The number of hydrogen-bond acceptors (Lipinski definition) is 3. The highest BCUT2D eigenvalue weighted by Crippen LogP contribution is 2.31. The van der Waals surface area contributed by atoms with Crippen molar-refractivity contribution in [3.8, 4) is 11.5 Å². The van der Waals surface area contributed by atoms with Gasteiger partial charge < -0.3 is 14.2 Å². The van der Waals surface area contributed by atoms with Crippen LogP contribution in [0.1, 0.15) is 38.2 Å². The van der Waals surface area contributed by atoms with Crippen molar-refractivity contribution in [2.45, 2.75) is 38.7 Å². The van der Waals surface area contributed by atoms with E-state index in [1.807, 2.05) is 6.07 Å². The zero-order valence-electron chi connectivity index (χ0n) is 11.4. The lowest BCUT2D eigenvalue weighted by molar-refractivity contribution is 0.0669. The first-order valence-corrected chi connectivity index (χ1v) is 6.63. The number of hydrogen-bond donors (Lipinski definition) is 0. The first-order valence-electron chi connectivity index (χ1n) is 6.63. The van der Waals surface area contributed by atoms with Gasteiger partial charge in [-0.25, -0.2) is 0 Å². The van der Waals surface area contributed by atoms with Crippen molar-refractivity contribution >= 4 is 0 Å². The van der Waals surface area contributed by atoms with E-state index in [0.29, 0.717) is 12.5 Å². The Morgan fingerprint density at radius 2 is 2.17 bits per heavy atom. The lowest BCUT2D eigenvalue weighted by atomic mass is 10.0. The van der Waals surface area contributed by atoms with Gasteiger partial charge in [0.05, 0.1) is 13.2 Å². The highest BCUT2D eigenvalue weighted by atomic mass is 16.5. The molecule has 0 aromatic heterocycles. The second-order valence-electron chi connectivity index (χ2n) is 5.01. The molecule has 1 aliphatic heterocycles. The average molecular weight is 250 g/mol. The third-order valence-electron chi connectivity index (χ3n) is 3.30. The van der Waals surface area contributed by atoms with Crippen molar-refractivity contribution in [1.82, 2.24) is 0 Å². The van der Waals surface area contributed by atoms with Gasteiger partial charge in [-0.1, -0.05) is 19.9 Å². The zero-order chi connectivity index (χ0) is 13.0. The van der Waals surface area contributed by atoms with Gasteiger partial charge in [0.25, 0.3) is 0 Å². The predicted molar refractivity (Wildman–Crippen MR) is 71.6 cm³/mol. The van der Waals surface area contributed by atoms with Crippen LogP contribution < -0.4 is 9.47 Å². The summed E-state index contributed by atoms with van der Waals surface area (Å²) >= 11 is 0. The van der Waals surface area contributed by atoms with E-state index in [-0.39, 0.29) is 6.10 Å². The van der Waals surface area contributed by atoms with E-state index in [2.05, 4.69) is 26.0 Å². The molecule has 3 heteroatoms. The van der Waals surface area contributed by atoms with Crippen molar-refractivity contribution in [2.24, 2.45) is 0 Å². The standard InChI is InChI=1S/C15H22O3/c1-11(2)12-6-7-14(15(9-12)16-3)18-10-13-5-4-8-17-13/h6-7,9,11,13H,4-5,8,10H2,1-3H3. The molecule has 3 nitrogen and oxygen atoms in total. The molecule has 0 aliphatic carbocycles. The van der Waals surface area contributed by atoms with E-state index in [1.54, 1.807) is 7.11 Å². The Morgan fingerprint density at radius 1 is 1.33 bits per heavy atom. The quantitative estimate of drug-likeness (QED) is 0.802. The minimum Gasteiger partial charge on any atom is -0.493 e. The van der Waals surface area contributed by atoms with E-state index in [1.165, 1.54) is 5.56 Å². The molecule has 1 unspecified atom stereocenters. The molecule has 0 bridgehead atoms. The summed E-state index contributed by atoms with van der Waals surface area (Å²) in [4.78, 5) is 0. The molecule has 0 amide bonds. The van der Waals surface area contributed by atoms with Crippen LogP contribution >= 0.6 is 0 Å². The molecule has 1 atom stereocenters. The van der Waals surface area contributed by atoms with Gasteiger partial charge in [0.1, 0.15) is 6.61 Å². The van der Waals surface area contributed by atoms with Gasteiger partial charge in [0.2, 0.25) is 0 Å². The van der Waals surface area contributed by atoms with E-state index in [4.69, 9.17) is 14.2 Å². The molecule has 2 rings (SSSR count). The summed E-state index contributed by atoms with van der Waals surface area (Å²) in [6.07, 6.45) is 2.46. The van der Waals surface area contributed by atoms with E-state index < -0.39 is 0 Å². The molecule has 1 aliphatic rings. The number of methoxy groups -OCH3 is 1. The zero-order valence-corrected chi connectivity index (χ0v) is 11.4. The highest BCUT2D eigenvalue weighted by molar-refractivity contribution is 5.43. The predicted octanol–water partition coefficient (Wildman–Crippen LogP) is 3.38. The van der Waals surface area contributed by atoms with Gasteiger partial charge in [-0.3, -0.25) is 0 Å². The first-order chi connectivity index (χ1) is 8.70. The van der Waals surface area contributed by atoms with E-state index in [9.17, 15) is 0 Å². The van der Waals surface area contributed by atoms with Crippen LogP contribution in [0, 0.1) is 0 Å². The Bertz CT molecular complexity index is 381. The highest BCUT2D eigenvalue weighted by Gasteiger charge is 2.17. The van der Waals surface area contributed by atoms with Crippen molar-refractivity contribution in [3.63, 3.8) is 0 Å². The largest absolute Gasteiger partial charge is 0.493 e. The summed E-state index contributed by atoms with van der Waals surface area (Å²) in [7, 11) is 1.68. The summed E-state index contributed by atoms with van der Waals surface area (Å²) in [5, 5.41) is 0. The van der Waals surface area contributed by atoms with Gasteiger partial charge in [-0.05, 0) is 36.5 Å². The third kappa shape index (κ3) is 3.16. The molecule has 1 saturated heterocycles. The van der Waals surface area contributed by atoms with Gasteiger partial charge in [0, 0.05) is 6.61 Å². The Hall–Kier alpha value is -1.22. The average Bonchev–Trinajstić information content (AvgIpc) is 2.89. The minimum absolute atomic E-state index is 0.236. The molecule has 1 fully saturated rings. The van der Waals surface area contributed by atoms with Crippen LogP contribution in [0.5, 0.6) is 11.5 Å². The molecule has 1 heterocycles. The molecule has 0 N–H and O–H groups in total. The van der Waals surface area contributed by atoms with Crippen LogP contribution in [0.4, 0.5) is 0 Å². The minimum atomic E-state index is 0.236. The van der Waals surface area contributed by atoms with Crippen LogP contribution in [0.25, 0.3) is 0 Å². The van der Waals surface area contributed by atoms with E-state index in [0.717, 1.165) is 30.9 Å². The van der Waals surface area contributed by atoms with Crippen molar-refractivity contribution < 1.29 is 14.2 Å². The van der Waals surface area contributed by atoms with Gasteiger partial charge in [0.15, 0.2) is 11.5 Å². The topological polar surface area (TPSA) is 27.7 Å². The van der Waals surface area contributed by atoms with Crippen LogP contribution in [-0.4, -0.2) is 26.4 Å². The second-order valence-corrected chi connectivity index (χ2v) is 5.01. The maximum atomic E-state index is 5.80. The monoisotopic (exact) mass is 250 g/mol. The first kappa shape index (κ1) is 13.2.